The fourth-order valence-electron chi connectivity index (χ4n) is 2.71. The quantitative estimate of drug-likeness (QED) is 0.688. The minimum absolute atomic E-state index is 0.00140. The molecular weight excluding hydrogens is 288 g/mol. The number of aryl methyl sites for hydroxylation is 1. The third-order valence-electron chi connectivity index (χ3n) is 4.25. The molecule has 0 bridgehead atoms. The van der Waals surface area contributed by atoms with Gasteiger partial charge in [0.25, 0.3) is 0 Å². The van der Waals surface area contributed by atoms with E-state index in [1.54, 1.807) is 0 Å². The van der Waals surface area contributed by atoms with Crippen molar-refractivity contribution >= 4 is 11.6 Å². The van der Waals surface area contributed by atoms with E-state index in [1.165, 1.54) is 0 Å². The number of hydrogen-bond acceptors (Lipinski definition) is 3. The molecule has 0 saturated carbocycles. The van der Waals surface area contributed by atoms with Crippen LogP contribution in [0, 0.1) is 18.3 Å². The number of rotatable bonds is 8. The number of nitrogens with one attached hydrogen (secondary N) is 2. The third kappa shape index (κ3) is 6.32. The first-order chi connectivity index (χ1) is 10.6. The average Bonchev–Trinajstić information content (AvgIpc) is 2.46. The predicted octanol–water partition coefficient (Wildman–Crippen LogP) is 3.34. The van der Waals surface area contributed by atoms with Crippen molar-refractivity contribution in [2.24, 2.45) is 11.3 Å². The second-order valence-electron chi connectivity index (χ2n) is 7.53. The molecule has 3 N–H and O–H groups in total. The molecule has 1 amide bonds. The summed E-state index contributed by atoms with van der Waals surface area (Å²) in [4.78, 5) is 12.1. The number of amides is 1. The number of carbonyl (C=O) groups excluding carboxylic acids is 1. The third-order valence-corrected chi connectivity index (χ3v) is 4.25. The zero-order chi connectivity index (χ0) is 17.6. The first-order valence-electron chi connectivity index (χ1n) is 8.40. The van der Waals surface area contributed by atoms with E-state index in [-0.39, 0.29) is 29.4 Å². The maximum absolute atomic E-state index is 12.1. The van der Waals surface area contributed by atoms with Crippen LogP contribution in [-0.4, -0.2) is 29.7 Å². The molecule has 0 radical (unpaired) electrons. The molecule has 0 aliphatic rings. The standard InChI is InChI=1S/C19H32N2O2/c1-13(2)18(23)19(5,6)12-20-15(4)11-17(22)21-16-10-8-7-9-14(16)3/h7-10,13,15,18,20,23H,11-12H2,1-6H3,(H,21,22). The Morgan fingerprint density at radius 3 is 2.39 bits per heavy atom. The summed E-state index contributed by atoms with van der Waals surface area (Å²) < 4.78 is 0. The van der Waals surface area contributed by atoms with Gasteiger partial charge in [0.05, 0.1) is 6.10 Å². The number of aliphatic hydroxyl groups is 1. The van der Waals surface area contributed by atoms with Crippen molar-refractivity contribution in [3.05, 3.63) is 29.8 Å². The zero-order valence-electron chi connectivity index (χ0n) is 15.3. The number of para-hydroxylation sites is 1. The topological polar surface area (TPSA) is 61.4 Å². The molecule has 2 unspecified atom stereocenters. The van der Waals surface area contributed by atoms with E-state index in [2.05, 4.69) is 10.6 Å². The van der Waals surface area contributed by atoms with Gasteiger partial charge in [0.15, 0.2) is 0 Å². The Hall–Kier alpha value is -1.39. The lowest BCUT2D eigenvalue weighted by Crippen LogP contribution is -2.44. The van der Waals surface area contributed by atoms with Crippen LogP contribution < -0.4 is 10.6 Å². The number of benzene rings is 1. The Kier molecular flexibility index (Phi) is 7.23. The normalized spacial score (nSPS) is 14.6. The molecule has 4 heteroatoms. The van der Waals surface area contributed by atoms with Crippen LogP contribution in [0.1, 0.15) is 46.6 Å². The molecule has 0 aliphatic heterocycles. The number of carbonyl (C=O) groups is 1. The van der Waals surface area contributed by atoms with Gasteiger partial charge in [-0.25, -0.2) is 0 Å². The van der Waals surface area contributed by atoms with E-state index in [4.69, 9.17) is 0 Å². The van der Waals surface area contributed by atoms with Crippen molar-refractivity contribution in [3.8, 4) is 0 Å². The van der Waals surface area contributed by atoms with E-state index < -0.39 is 0 Å². The Labute approximate surface area is 140 Å². The summed E-state index contributed by atoms with van der Waals surface area (Å²) in [5.41, 5.74) is 1.69. The molecule has 1 aromatic carbocycles. The van der Waals surface area contributed by atoms with Crippen LogP contribution in [0.3, 0.4) is 0 Å². The molecule has 0 aromatic heterocycles. The Balaban J connectivity index is 2.46. The van der Waals surface area contributed by atoms with Crippen molar-refractivity contribution in [2.75, 3.05) is 11.9 Å². The minimum Gasteiger partial charge on any atom is -0.392 e. The molecule has 1 aromatic rings. The lowest BCUT2D eigenvalue weighted by atomic mass is 9.80. The van der Waals surface area contributed by atoms with Gasteiger partial charge < -0.3 is 15.7 Å². The van der Waals surface area contributed by atoms with Gasteiger partial charge in [0.2, 0.25) is 5.91 Å². The van der Waals surface area contributed by atoms with E-state index in [1.807, 2.05) is 65.8 Å². The zero-order valence-corrected chi connectivity index (χ0v) is 15.3. The maximum atomic E-state index is 12.1. The molecule has 0 heterocycles. The van der Waals surface area contributed by atoms with Crippen LogP contribution in [-0.2, 0) is 4.79 Å². The molecule has 1 rings (SSSR count). The number of aliphatic hydroxyl groups excluding tert-OH is 1. The summed E-state index contributed by atoms with van der Waals surface area (Å²) in [6.07, 6.45) is 0.0327. The highest BCUT2D eigenvalue weighted by atomic mass is 16.3. The van der Waals surface area contributed by atoms with Crippen LogP contribution in [0.2, 0.25) is 0 Å². The molecule has 2 atom stereocenters. The Morgan fingerprint density at radius 1 is 1.22 bits per heavy atom. The number of anilines is 1. The summed E-state index contributed by atoms with van der Waals surface area (Å²) in [6, 6.07) is 7.82. The van der Waals surface area contributed by atoms with E-state index in [0.29, 0.717) is 13.0 Å². The molecule has 0 spiro atoms. The number of hydrogen-bond donors (Lipinski definition) is 3. The lowest BCUT2D eigenvalue weighted by molar-refractivity contribution is -0.116. The highest BCUT2D eigenvalue weighted by Crippen LogP contribution is 2.25. The molecule has 0 saturated heterocycles. The average molecular weight is 320 g/mol. The van der Waals surface area contributed by atoms with Crippen LogP contribution in [0.25, 0.3) is 0 Å². The summed E-state index contributed by atoms with van der Waals surface area (Å²) in [6.45, 7) is 12.8. The van der Waals surface area contributed by atoms with Gasteiger partial charge in [-0.3, -0.25) is 4.79 Å². The molecular formula is C19H32N2O2. The lowest BCUT2D eigenvalue weighted by Gasteiger charge is -2.34. The van der Waals surface area contributed by atoms with Crippen molar-refractivity contribution < 1.29 is 9.90 Å². The fraction of sp³-hybridized carbons (Fsp3) is 0.632. The van der Waals surface area contributed by atoms with E-state index in [0.717, 1.165) is 11.3 Å². The smallest absolute Gasteiger partial charge is 0.225 e. The summed E-state index contributed by atoms with van der Waals surface area (Å²) in [7, 11) is 0. The minimum atomic E-state index is -0.372. The van der Waals surface area contributed by atoms with Gasteiger partial charge in [-0.1, -0.05) is 45.9 Å². The second-order valence-corrected chi connectivity index (χ2v) is 7.53. The Morgan fingerprint density at radius 2 is 1.83 bits per heavy atom. The van der Waals surface area contributed by atoms with Crippen molar-refractivity contribution in [2.45, 2.75) is 60.1 Å². The molecule has 0 aliphatic carbocycles. The van der Waals surface area contributed by atoms with Crippen molar-refractivity contribution in [1.29, 1.82) is 0 Å². The summed E-state index contributed by atoms with van der Waals surface area (Å²) in [5, 5.41) is 16.6. The molecule has 0 fully saturated rings. The van der Waals surface area contributed by atoms with E-state index in [9.17, 15) is 9.90 Å². The monoisotopic (exact) mass is 320 g/mol. The SMILES string of the molecule is Cc1ccccc1NC(=O)CC(C)NCC(C)(C)C(O)C(C)C. The van der Waals surface area contributed by atoms with Crippen molar-refractivity contribution in [3.63, 3.8) is 0 Å². The second kappa shape index (κ2) is 8.46. The molecule has 4 nitrogen and oxygen atoms in total. The first-order valence-corrected chi connectivity index (χ1v) is 8.40. The predicted molar refractivity (Wildman–Crippen MR) is 96.5 cm³/mol. The highest BCUT2D eigenvalue weighted by molar-refractivity contribution is 5.91. The first kappa shape index (κ1) is 19.7. The fourth-order valence-corrected chi connectivity index (χ4v) is 2.71. The molecule has 130 valence electrons. The van der Waals surface area contributed by atoms with Crippen LogP contribution >= 0.6 is 0 Å². The summed E-state index contributed by atoms with van der Waals surface area (Å²) in [5.74, 6) is 0.216. The van der Waals surface area contributed by atoms with Crippen LogP contribution in [0.5, 0.6) is 0 Å². The Bertz CT molecular complexity index is 512. The molecule has 23 heavy (non-hydrogen) atoms. The van der Waals surface area contributed by atoms with Gasteiger partial charge in [0.1, 0.15) is 0 Å². The van der Waals surface area contributed by atoms with Gasteiger partial charge in [-0.2, -0.15) is 0 Å². The van der Waals surface area contributed by atoms with Gasteiger partial charge in [-0.05, 0) is 31.4 Å². The maximum Gasteiger partial charge on any atom is 0.225 e. The van der Waals surface area contributed by atoms with Gasteiger partial charge >= 0.3 is 0 Å². The van der Waals surface area contributed by atoms with Gasteiger partial charge in [0, 0.05) is 30.1 Å². The van der Waals surface area contributed by atoms with E-state index >= 15 is 0 Å². The van der Waals surface area contributed by atoms with Gasteiger partial charge in [-0.15, -0.1) is 0 Å². The summed E-state index contributed by atoms with van der Waals surface area (Å²) >= 11 is 0. The highest BCUT2D eigenvalue weighted by Gasteiger charge is 2.30. The van der Waals surface area contributed by atoms with Crippen molar-refractivity contribution in [1.82, 2.24) is 5.32 Å². The largest absolute Gasteiger partial charge is 0.392 e. The van der Waals surface area contributed by atoms with Crippen LogP contribution in [0.4, 0.5) is 5.69 Å². The van der Waals surface area contributed by atoms with Crippen LogP contribution in [0.15, 0.2) is 24.3 Å².